The summed E-state index contributed by atoms with van der Waals surface area (Å²) in [5.74, 6) is 0.752. The Morgan fingerprint density at radius 1 is 1.44 bits per heavy atom. The molecule has 3 nitrogen and oxygen atoms in total. The summed E-state index contributed by atoms with van der Waals surface area (Å²) in [4.78, 5) is 11.8. The number of hydrogen-bond donors (Lipinski definition) is 2. The van der Waals surface area contributed by atoms with Crippen molar-refractivity contribution in [1.29, 1.82) is 0 Å². The molecule has 1 aromatic rings. The topological polar surface area (TPSA) is 49.3 Å². The van der Waals surface area contributed by atoms with Gasteiger partial charge in [-0.3, -0.25) is 4.79 Å². The zero-order valence-electron chi connectivity index (χ0n) is 11.0. The van der Waals surface area contributed by atoms with Crippen molar-refractivity contribution >= 4 is 5.91 Å². The number of benzene rings is 1. The van der Waals surface area contributed by atoms with Crippen LogP contribution in [0.5, 0.6) is 0 Å². The van der Waals surface area contributed by atoms with Gasteiger partial charge >= 0.3 is 0 Å². The largest absolute Gasteiger partial charge is 0.391 e. The molecule has 98 valence electrons. The van der Waals surface area contributed by atoms with E-state index in [4.69, 9.17) is 0 Å². The molecular formula is C15H21NO2. The fraction of sp³-hybridized carbons (Fsp3) is 0.533. The van der Waals surface area contributed by atoms with Gasteiger partial charge in [-0.1, -0.05) is 37.3 Å². The van der Waals surface area contributed by atoms with Crippen LogP contribution in [0.15, 0.2) is 30.3 Å². The van der Waals surface area contributed by atoms with Gasteiger partial charge in [0.25, 0.3) is 0 Å². The summed E-state index contributed by atoms with van der Waals surface area (Å²) < 4.78 is 0. The van der Waals surface area contributed by atoms with Crippen LogP contribution in [0.2, 0.25) is 0 Å². The molecule has 0 spiro atoms. The summed E-state index contributed by atoms with van der Waals surface area (Å²) in [6, 6.07) is 9.64. The van der Waals surface area contributed by atoms with E-state index in [9.17, 15) is 9.90 Å². The Hall–Kier alpha value is -1.35. The highest BCUT2D eigenvalue weighted by atomic mass is 16.3. The Morgan fingerprint density at radius 3 is 2.61 bits per heavy atom. The second kappa shape index (κ2) is 5.53. The quantitative estimate of drug-likeness (QED) is 0.833. The lowest BCUT2D eigenvalue weighted by molar-refractivity contribution is -0.124. The van der Waals surface area contributed by atoms with Gasteiger partial charge < -0.3 is 10.4 Å². The summed E-state index contributed by atoms with van der Waals surface area (Å²) in [6.45, 7) is 3.94. The van der Waals surface area contributed by atoms with E-state index in [0.717, 1.165) is 12.0 Å². The molecule has 2 rings (SSSR count). The number of aliphatic hydroxyl groups excluding tert-OH is 1. The van der Waals surface area contributed by atoms with Crippen molar-refractivity contribution in [2.24, 2.45) is 11.8 Å². The molecule has 18 heavy (non-hydrogen) atoms. The van der Waals surface area contributed by atoms with Gasteiger partial charge in [-0.15, -0.1) is 0 Å². The van der Waals surface area contributed by atoms with E-state index in [1.165, 1.54) is 0 Å². The van der Waals surface area contributed by atoms with Crippen LogP contribution in [0.1, 0.15) is 25.8 Å². The minimum atomic E-state index is -0.537. The molecule has 1 aliphatic rings. The standard InChI is InChI=1S/C15H21NO2/c1-10-8-13(10)15(18)16-11(2)14(17)9-12-6-4-3-5-7-12/h3-7,10-11,13-14,17H,8-9H2,1-2H3,(H,16,18). The minimum absolute atomic E-state index is 0.0853. The van der Waals surface area contributed by atoms with E-state index >= 15 is 0 Å². The van der Waals surface area contributed by atoms with Crippen LogP contribution in [0, 0.1) is 11.8 Å². The third kappa shape index (κ3) is 3.33. The van der Waals surface area contributed by atoms with Crippen LogP contribution in [0.3, 0.4) is 0 Å². The zero-order valence-corrected chi connectivity index (χ0v) is 11.0. The number of aliphatic hydroxyl groups is 1. The maximum absolute atomic E-state index is 11.8. The van der Waals surface area contributed by atoms with E-state index in [0.29, 0.717) is 12.3 Å². The molecule has 1 aliphatic carbocycles. The highest BCUT2D eigenvalue weighted by Gasteiger charge is 2.39. The van der Waals surface area contributed by atoms with E-state index in [1.807, 2.05) is 37.3 Å². The first-order valence-corrected chi connectivity index (χ1v) is 6.60. The van der Waals surface area contributed by atoms with Gasteiger partial charge in [0.15, 0.2) is 0 Å². The van der Waals surface area contributed by atoms with Crippen molar-refractivity contribution in [2.45, 2.75) is 38.8 Å². The SMILES string of the molecule is CC1CC1C(=O)NC(C)C(O)Cc1ccccc1. The van der Waals surface area contributed by atoms with Gasteiger partial charge in [-0.2, -0.15) is 0 Å². The van der Waals surface area contributed by atoms with Gasteiger partial charge in [0.1, 0.15) is 0 Å². The molecule has 0 radical (unpaired) electrons. The number of amides is 1. The lowest BCUT2D eigenvalue weighted by Crippen LogP contribution is -2.42. The number of hydrogen-bond acceptors (Lipinski definition) is 2. The summed E-state index contributed by atoms with van der Waals surface area (Å²) >= 11 is 0. The predicted molar refractivity (Wildman–Crippen MR) is 71.0 cm³/mol. The maximum atomic E-state index is 11.8. The number of nitrogens with one attached hydrogen (secondary N) is 1. The average Bonchev–Trinajstić information content (AvgIpc) is 3.07. The van der Waals surface area contributed by atoms with Gasteiger partial charge in [0.2, 0.25) is 5.91 Å². The van der Waals surface area contributed by atoms with E-state index < -0.39 is 6.10 Å². The van der Waals surface area contributed by atoms with Crippen molar-refractivity contribution in [1.82, 2.24) is 5.32 Å². The molecule has 0 aromatic heterocycles. The number of rotatable bonds is 5. The Balaban J connectivity index is 1.81. The van der Waals surface area contributed by atoms with Gasteiger partial charge in [-0.25, -0.2) is 0 Å². The average molecular weight is 247 g/mol. The van der Waals surface area contributed by atoms with Crippen LogP contribution in [-0.4, -0.2) is 23.2 Å². The van der Waals surface area contributed by atoms with Crippen molar-refractivity contribution in [3.8, 4) is 0 Å². The molecule has 3 heteroatoms. The highest BCUT2D eigenvalue weighted by molar-refractivity contribution is 5.81. The van der Waals surface area contributed by atoms with Gasteiger partial charge in [-0.05, 0) is 24.8 Å². The third-order valence-corrected chi connectivity index (χ3v) is 3.68. The first kappa shape index (κ1) is 13.1. The first-order chi connectivity index (χ1) is 8.58. The Bertz CT molecular complexity index is 404. The Labute approximate surface area is 108 Å². The lowest BCUT2D eigenvalue weighted by atomic mass is 10.0. The van der Waals surface area contributed by atoms with Crippen LogP contribution in [0.4, 0.5) is 0 Å². The molecule has 0 saturated heterocycles. The molecule has 0 bridgehead atoms. The molecule has 4 unspecified atom stereocenters. The van der Waals surface area contributed by atoms with Crippen molar-refractivity contribution in [3.63, 3.8) is 0 Å². The van der Waals surface area contributed by atoms with Crippen LogP contribution in [0.25, 0.3) is 0 Å². The zero-order chi connectivity index (χ0) is 13.1. The van der Waals surface area contributed by atoms with E-state index in [2.05, 4.69) is 12.2 Å². The van der Waals surface area contributed by atoms with Crippen LogP contribution < -0.4 is 5.32 Å². The smallest absolute Gasteiger partial charge is 0.223 e. The molecule has 4 atom stereocenters. The van der Waals surface area contributed by atoms with E-state index in [1.54, 1.807) is 0 Å². The van der Waals surface area contributed by atoms with Crippen molar-refractivity contribution in [3.05, 3.63) is 35.9 Å². The second-order valence-electron chi connectivity index (χ2n) is 5.37. The monoisotopic (exact) mass is 247 g/mol. The molecule has 1 saturated carbocycles. The van der Waals surface area contributed by atoms with Crippen LogP contribution >= 0.6 is 0 Å². The first-order valence-electron chi connectivity index (χ1n) is 6.60. The minimum Gasteiger partial charge on any atom is -0.391 e. The maximum Gasteiger partial charge on any atom is 0.223 e. The van der Waals surface area contributed by atoms with Crippen LogP contribution in [-0.2, 0) is 11.2 Å². The van der Waals surface area contributed by atoms with E-state index in [-0.39, 0.29) is 17.9 Å². The molecule has 0 aliphatic heterocycles. The van der Waals surface area contributed by atoms with Gasteiger partial charge in [0, 0.05) is 12.3 Å². The van der Waals surface area contributed by atoms with Crippen molar-refractivity contribution < 1.29 is 9.90 Å². The molecule has 1 amide bonds. The fourth-order valence-electron chi connectivity index (χ4n) is 2.15. The Kier molecular flexibility index (Phi) is 4.02. The van der Waals surface area contributed by atoms with Gasteiger partial charge in [0.05, 0.1) is 12.1 Å². The van der Waals surface area contributed by atoms with Crippen molar-refractivity contribution in [2.75, 3.05) is 0 Å². The molecule has 2 N–H and O–H groups in total. The molecule has 1 fully saturated rings. The molecular weight excluding hydrogens is 226 g/mol. The summed E-state index contributed by atoms with van der Waals surface area (Å²) in [5, 5.41) is 13.0. The lowest BCUT2D eigenvalue weighted by Gasteiger charge is -2.20. The Morgan fingerprint density at radius 2 is 2.06 bits per heavy atom. The summed E-state index contributed by atoms with van der Waals surface area (Å²) in [5.41, 5.74) is 1.09. The number of carbonyl (C=O) groups excluding carboxylic acids is 1. The fourth-order valence-corrected chi connectivity index (χ4v) is 2.15. The molecule has 0 heterocycles. The summed E-state index contributed by atoms with van der Waals surface area (Å²) in [7, 11) is 0. The summed E-state index contributed by atoms with van der Waals surface area (Å²) in [6.07, 6.45) is 1.01. The normalized spacial score (nSPS) is 25.3. The molecule has 1 aromatic carbocycles. The second-order valence-corrected chi connectivity index (χ2v) is 5.37. The number of carbonyl (C=O) groups is 1. The predicted octanol–water partition coefficient (Wildman–Crippen LogP) is 1.75. The highest BCUT2D eigenvalue weighted by Crippen LogP contribution is 2.37. The third-order valence-electron chi connectivity index (χ3n) is 3.68.